The Bertz CT molecular complexity index is 460. The van der Waals surface area contributed by atoms with Crippen molar-refractivity contribution in [3.05, 3.63) is 35.4 Å². The molecule has 0 atom stereocenters. The van der Waals surface area contributed by atoms with Gasteiger partial charge in [-0.05, 0) is 23.5 Å². The third kappa shape index (κ3) is 7.65. The summed E-state index contributed by atoms with van der Waals surface area (Å²) in [5.41, 5.74) is 1.46. The van der Waals surface area contributed by atoms with Crippen LogP contribution in [0.15, 0.2) is 24.3 Å². The first kappa shape index (κ1) is 19.7. The number of hydrogen-bond donors (Lipinski definition) is 0. The van der Waals surface area contributed by atoms with E-state index >= 15 is 0 Å². The summed E-state index contributed by atoms with van der Waals surface area (Å²) in [6, 6.07) is 7.55. The van der Waals surface area contributed by atoms with Crippen LogP contribution in [0.4, 0.5) is 0 Å². The Balaban J connectivity index is 2.28. The number of hydrogen-bond acceptors (Lipinski definition) is 3. The second-order valence-electron chi connectivity index (χ2n) is 7.11. The van der Waals surface area contributed by atoms with Gasteiger partial charge in [-0.3, -0.25) is 4.89 Å². The van der Waals surface area contributed by atoms with Crippen LogP contribution in [0.3, 0.4) is 0 Å². The standard InChI is InChI=1S/C20H32O3/c1-5-6-7-8-9-10-13-16-22-23-19(21)17-14-11-12-15-18(17)20(2,3)4/h11-12,14-15H,5-10,13,16H2,1-4H3. The number of rotatable bonds is 10. The van der Waals surface area contributed by atoms with Gasteiger partial charge in [0.05, 0.1) is 12.2 Å². The SMILES string of the molecule is CCCCCCCCCOOC(=O)c1ccccc1C(C)(C)C. The van der Waals surface area contributed by atoms with E-state index in [0.29, 0.717) is 12.2 Å². The predicted molar refractivity (Wildman–Crippen MR) is 94.5 cm³/mol. The van der Waals surface area contributed by atoms with Crippen LogP contribution in [0.25, 0.3) is 0 Å². The molecule has 1 aromatic carbocycles. The van der Waals surface area contributed by atoms with Gasteiger partial charge >= 0.3 is 5.97 Å². The average Bonchev–Trinajstić information content (AvgIpc) is 2.52. The second kappa shape index (κ2) is 10.4. The first-order chi connectivity index (χ1) is 11.0. The Labute approximate surface area is 141 Å². The Morgan fingerprint density at radius 2 is 1.57 bits per heavy atom. The molecule has 0 aliphatic heterocycles. The van der Waals surface area contributed by atoms with E-state index in [4.69, 9.17) is 9.78 Å². The minimum atomic E-state index is -0.404. The van der Waals surface area contributed by atoms with Crippen molar-refractivity contribution in [3.8, 4) is 0 Å². The average molecular weight is 320 g/mol. The molecule has 0 spiro atoms. The minimum absolute atomic E-state index is 0.103. The first-order valence-corrected chi connectivity index (χ1v) is 8.90. The summed E-state index contributed by atoms with van der Waals surface area (Å²) in [5.74, 6) is -0.404. The molecule has 3 heteroatoms. The molecule has 130 valence electrons. The van der Waals surface area contributed by atoms with Crippen molar-refractivity contribution in [2.24, 2.45) is 0 Å². The molecule has 3 nitrogen and oxygen atoms in total. The zero-order valence-electron chi connectivity index (χ0n) is 15.2. The van der Waals surface area contributed by atoms with Gasteiger partial charge in [0.15, 0.2) is 0 Å². The quantitative estimate of drug-likeness (QED) is 0.309. The summed E-state index contributed by atoms with van der Waals surface area (Å²) in [7, 11) is 0. The number of carbonyl (C=O) groups excluding carboxylic acids is 1. The molecule has 23 heavy (non-hydrogen) atoms. The van der Waals surface area contributed by atoms with E-state index < -0.39 is 5.97 Å². The van der Waals surface area contributed by atoms with Crippen LogP contribution in [-0.4, -0.2) is 12.6 Å². The van der Waals surface area contributed by atoms with Gasteiger partial charge in [0.25, 0.3) is 0 Å². The molecule has 0 aliphatic carbocycles. The molecule has 0 aliphatic rings. The molecular weight excluding hydrogens is 288 g/mol. The van der Waals surface area contributed by atoms with Crippen LogP contribution in [-0.2, 0) is 15.2 Å². The van der Waals surface area contributed by atoms with Gasteiger partial charge in [0, 0.05) is 0 Å². The van der Waals surface area contributed by atoms with Crippen LogP contribution in [0.1, 0.15) is 88.6 Å². The Kier molecular flexibility index (Phi) is 8.93. The lowest BCUT2D eigenvalue weighted by atomic mass is 9.84. The lowest BCUT2D eigenvalue weighted by Crippen LogP contribution is -2.18. The Morgan fingerprint density at radius 1 is 0.957 bits per heavy atom. The molecule has 0 heterocycles. The minimum Gasteiger partial charge on any atom is -0.293 e. The predicted octanol–water partition coefficient (Wildman–Crippen LogP) is 5.82. The normalized spacial score (nSPS) is 11.5. The maximum Gasteiger partial charge on any atom is 0.373 e. The Morgan fingerprint density at radius 3 is 2.22 bits per heavy atom. The summed E-state index contributed by atoms with van der Waals surface area (Å²) < 4.78 is 0. The number of benzene rings is 1. The van der Waals surface area contributed by atoms with Crippen LogP contribution < -0.4 is 0 Å². The highest BCUT2D eigenvalue weighted by Gasteiger charge is 2.22. The highest BCUT2D eigenvalue weighted by atomic mass is 17.2. The zero-order chi connectivity index (χ0) is 17.1. The zero-order valence-corrected chi connectivity index (χ0v) is 15.2. The summed E-state index contributed by atoms with van der Waals surface area (Å²) in [5, 5.41) is 0. The van der Waals surface area contributed by atoms with Gasteiger partial charge in [0.1, 0.15) is 0 Å². The molecule has 0 saturated heterocycles. The van der Waals surface area contributed by atoms with E-state index in [1.54, 1.807) is 6.07 Å². The van der Waals surface area contributed by atoms with Crippen molar-refractivity contribution in [2.75, 3.05) is 6.61 Å². The monoisotopic (exact) mass is 320 g/mol. The molecule has 0 radical (unpaired) electrons. The fourth-order valence-electron chi connectivity index (χ4n) is 2.57. The van der Waals surface area contributed by atoms with Gasteiger partial charge in [-0.1, -0.05) is 84.4 Å². The molecule has 0 unspecified atom stereocenters. The van der Waals surface area contributed by atoms with Crippen molar-refractivity contribution in [1.29, 1.82) is 0 Å². The summed E-state index contributed by atoms with van der Waals surface area (Å²) in [4.78, 5) is 22.2. The largest absolute Gasteiger partial charge is 0.373 e. The van der Waals surface area contributed by atoms with Crippen molar-refractivity contribution < 1.29 is 14.6 Å². The van der Waals surface area contributed by atoms with E-state index in [9.17, 15) is 4.79 Å². The maximum atomic E-state index is 12.2. The van der Waals surface area contributed by atoms with E-state index in [0.717, 1.165) is 18.4 Å². The van der Waals surface area contributed by atoms with E-state index in [1.165, 1.54) is 32.1 Å². The van der Waals surface area contributed by atoms with E-state index in [2.05, 4.69) is 27.7 Å². The summed E-state index contributed by atoms with van der Waals surface area (Å²) in [6.45, 7) is 8.94. The molecule has 0 N–H and O–H groups in total. The van der Waals surface area contributed by atoms with Crippen LogP contribution >= 0.6 is 0 Å². The molecule has 0 fully saturated rings. The summed E-state index contributed by atoms with van der Waals surface area (Å²) in [6.07, 6.45) is 8.48. The lowest BCUT2D eigenvalue weighted by molar-refractivity contribution is -0.241. The van der Waals surface area contributed by atoms with Gasteiger partial charge < -0.3 is 0 Å². The van der Waals surface area contributed by atoms with Crippen molar-refractivity contribution >= 4 is 5.97 Å². The number of unbranched alkanes of at least 4 members (excludes halogenated alkanes) is 6. The molecule has 1 aromatic rings. The van der Waals surface area contributed by atoms with E-state index in [-0.39, 0.29) is 5.41 Å². The Hall–Kier alpha value is -1.35. The lowest BCUT2D eigenvalue weighted by Gasteiger charge is -2.21. The van der Waals surface area contributed by atoms with Gasteiger partial charge in [-0.2, -0.15) is 4.89 Å². The van der Waals surface area contributed by atoms with E-state index in [1.807, 2.05) is 18.2 Å². The highest BCUT2D eigenvalue weighted by molar-refractivity contribution is 5.91. The third-order valence-electron chi connectivity index (χ3n) is 3.92. The summed E-state index contributed by atoms with van der Waals surface area (Å²) >= 11 is 0. The second-order valence-corrected chi connectivity index (χ2v) is 7.11. The molecule has 1 rings (SSSR count). The van der Waals surface area contributed by atoms with Crippen molar-refractivity contribution in [3.63, 3.8) is 0 Å². The van der Waals surface area contributed by atoms with Crippen LogP contribution in [0.2, 0.25) is 0 Å². The molecule has 0 bridgehead atoms. The topological polar surface area (TPSA) is 35.5 Å². The third-order valence-corrected chi connectivity index (χ3v) is 3.92. The van der Waals surface area contributed by atoms with Crippen LogP contribution in [0.5, 0.6) is 0 Å². The molecule has 0 saturated carbocycles. The van der Waals surface area contributed by atoms with Gasteiger partial charge in [0.2, 0.25) is 0 Å². The fraction of sp³-hybridized carbons (Fsp3) is 0.650. The highest BCUT2D eigenvalue weighted by Crippen LogP contribution is 2.26. The maximum absolute atomic E-state index is 12.2. The van der Waals surface area contributed by atoms with Crippen LogP contribution in [0, 0.1) is 0 Å². The smallest absolute Gasteiger partial charge is 0.293 e. The first-order valence-electron chi connectivity index (χ1n) is 8.90. The fourth-order valence-corrected chi connectivity index (χ4v) is 2.57. The molecule has 0 aromatic heterocycles. The van der Waals surface area contributed by atoms with Crippen molar-refractivity contribution in [1.82, 2.24) is 0 Å². The molecule has 0 amide bonds. The van der Waals surface area contributed by atoms with Gasteiger partial charge in [-0.25, -0.2) is 4.79 Å². The van der Waals surface area contributed by atoms with Gasteiger partial charge in [-0.15, -0.1) is 0 Å². The van der Waals surface area contributed by atoms with Crippen molar-refractivity contribution in [2.45, 2.75) is 78.1 Å². The number of carbonyl (C=O) groups is 1. The molecular formula is C20H32O3.